The lowest BCUT2D eigenvalue weighted by atomic mass is 10.1. The number of anilines is 1. The molecule has 0 aromatic heterocycles. The van der Waals surface area contributed by atoms with Crippen molar-refractivity contribution in [2.75, 3.05) is 17.6 Å². The van der Waals surface area contributed by atoms with E-state index in [1.54, 1.807) is 12.1 Å². The van der Waals surface area contributed by atoms with E-state index in [4.69, 9.17) is 0 Å². The molecular formula is C12H15F3N2OS. The minimum atomic E-state index is -4.18. The van der Waals surface area contributed by atoms with Crippen molar-refractivity contribution in [2.24, 2.45) is 0 Å². The fraction of sp³-hybridized carbons (Fsp3) is 0.417. The summed E-state index contributed by atoms with van der Waals surface area (Å²) in [5, 5.41) is 5.59. The Hall–Kier alpha value is -1.21. The van der Waals surface area contributed by atoms with Crippen molar-refractivity contribution >= 4 is 23.4 Å². The third-order valence-corrected chi connectivity index (χ3v) is 2.92. The smallest absolute Gasteiger partial charge is 0.326 e. The SMILES string of the molecule is CC(=O)Nc1ccccc1CNCCSC(F)(F)F. The van der Waals surface area contributed by atoms with Gasteiger partial charge in [0.25, 0.3) is 0 Å². The van der Waals surface area contributed by atoms with E-state index in [-0.39, 0.29) is 30.0 Å². The van der Waals surface area contributed by atoms with E-state index in [1.165, 1.54) is 6.92 Å². The lowest BCUT2D eigenvalue weighted by Gasteiger charge is -2.11. The maximum Gasteiger partial charge on any atom is 0.441 e. The lowest BCUT2D eigenvalue weighted by molar-refractivity contribution is -0.114. The van der Waals surface area contributed by atoms with Crippen LogP contribution in [0, 0.1) is 0 Å². The molecule has 0 saturated carbocycles. The van der Waals surface area contributed by atoms with Crippen LogP contribution in [-0.2, 0) is 11.3 Å². The van der Waals surface area contributed by atoms with Gasteiger partial charge in [-0.1, -0.05) is 18.2 Å². The second kappa shape index (κ2) is 7.40. The van der Waals surface area contributed by atoms with Gasteiger partial charge >= 0.3 is 5.51 Å². The molecular weight excluding hydrogens is 277 g/mol. The predicted molar refractivity (Wildman–Crippen MR) is 71.0 cm³/mol. The van der Waals surface area contributed by atoms with Crippen molar-refractivity contribution in [3.63, 3.8) is 0 Å². The summed E-state index contributed by atoms with van der Waals surface area (Å²) in [6, 6.07) is 7.17. The quantitative estimate of drug-likeness (QED) is 0.792. The predicted octanol–water partition coefficient (Wildman–Crippen LogP) is 2.99. The summed E-state index contributed by atoms with van der Waals surface area (Å²) in [5.41, 5.74) is -2.67. The number of para-hydroxylation sites is 1. The number of hydrogen-bond acceptors (Lipinski definition) is 3. The number of rotatable bonds is 6. The summed E-state index contributed by atoms with van der Waals surface area (Å²) >= 11 is -0.0487. The second-order valence-electron chi connectivity index (χ2n) is 3.81. The molecule has 2 N–H and O–H groups in total. The fourth-order valence-corrected chi connectivity index (χ4v) is 1.93. The zero-order chi connectivity index (χ0) is 14.3. The van der Waals surface area contributed by atoms with E-state index in [1.807, 2.05) is 12.1 Å². The van der Waals surface area contributed by atoms with Gasteiger partial charge in [0, 0.05) is 31.5 Å². The summed E-state index contributed by atoms with van der Waals surface area (Å²) in [5.74, 6) is -0.216. The highest BCUT2D eigenvalue weighted by Crippen LogP contribution is 2.29. The van der Waals surface area contributed by atoms with E-state index in [2.05, 4.69) is 10.6 Å². The van der Waals surface area contributed by atoms with Gasteiger partial charge in [0.15, 0.2) is 0 Å². The Kier molecular flexibility index (Phi) is 6.17. The van der Waals surface area contributed by atoms with Gasteiger partial charge in [0.2, 0.25) is 5.91 Å². The molecule has 19 heavy (non-hydrogen) atoms. The van der Waals surface area contributed by atoms with Gasteiger partial charge in [-0.2, -0.15) is 13.2 Å². The molecule has 1 amide bonds. The highest BCUT2D eigenvalue weighted by Gasteiger charge is 2.27. The van der Waals surface area contributed by atoms with Crippen LogP contribution < -0.4 is 10.6 Å². The third kappa shape index (κ3) is 7.07. The average molecular weight is 292 g/mol. The summed E-state index contributed by atoms with van der Waals surface area (Å²) in [6.45, 7) is 2.07. The minimum absolute atomic E-state index is 0.0359. The van der Waals surface area contributed by atoms with Crippen LogP contribution in [0.2, 0.25) is 0 Å². The summed E-state index contributed by atoms with van der Waals surface area (Å²) in [7, 11) is 0. The number of carbonyl (C=O) groups excluding carboxylic acids is 1. The van der Waals surface area contributed by atoms with Crippen LogP contribution in [0.5, 0.6) is 0 Å². The Bertz CT molecular complexity index is 424. The van der Waals surface area contributed by atoms with Crippen LogP contribution >= 0.6 is 11.8 Å². The van der Waals surface area contributed by atoms with Crippen molar-refractivity contribution in [2.45, 2.75) is 19.0 Å². The first kappa shape index (κ1) is 15.8. The molecule has 0 atom stereocenters. The third-order valence-electron chi connectivity index (χ3n) is 2.19. The molecule has 106 valence electrons. The van der Waals surface area contributed by atoms with Crippen molar-refractivity contribution in [1.82, 2.24) is 5.32 Å². The topological polar surface area (TPSA) is 41.1 Å². The van der Waals surface area contributed by atoms with Crippen molar-refractivity contribution < 1.29 is 18.0 Å². The van der Waals surface area contributed by atoms with Crippen LogP contribution in [0.3, 0.4) is 0 Å². The monoisotopic (exact) mass is 292 g/mol. The Morgan fingerprint density at radius 1 is 1.32 bits per heavy atom. The molecule has 1 rings (SSSR count). The molecule has 0 aliphatic carbocycles. The van der Waals surface area contributed by atoms with Gasteiger partial charge in [-0.25, -0.2) is 0 Å². The Morgan fingerprint density at radius 3 is 2.63 bits per heavy atom. The number of hydrogen-bond donors (Lipinski definition) is 2. The minimum Gasteiger partial charge on any atom is -0.326 e. The number of thioether (sulfide) groups is 1. The number of halogens is 3. The maximum atomic E-state index is 11.9. The van der Waals surface area contributed by atoms with E-state index < -0.39 is 5.51 Å². The fourth-order valence-electron chi connectivity index (χ4n) is 1.45. The van der Waals surface area contributed by atoms with Crippen LogP contribution in [-0.4, -0.2) is 23.7 Å². The number of carbonyl (C=O) groups is 1. The van der Waals surface area contributed by atoms with Crippen LogP contribution in [0.4, 0.5) is 18.9 Å². The highest BCUT2D eigenvalue weighted by molar-refractivity contribution is 8.00. The second-order valence-corrected chi connectivity index (χ2v) is 4.97. The molecule has 0 heterocycles. The molecule has 0 radical (unpaired) electrons. The maximum absolute atomic E-state index is 11.9. The van der Waals surface area contributed by atoms with Crippen molar-refractivity contribution in [3.05, 3.63) is 29.8 Å². The van der Waals surface area contributed by atoms with Gasteiger partial charge in [-0.15, -0.1) is 0 Å². The lowest BCUT2D eigenvalue weighted by Crippen LogP contribution is -2.19. The van der Waals surface area contributed by atoms with Crippen molar-refractivity contribution in [3.8, 4) is 0 Å². The molecule has 0 bridgehead atoms. The number of nitrogens with one attached hydrogen (secondary N) is 2. The number of alkyl halides is 3. The molecule has 0 fully saturated rings. The average Bonchev–Trinajstić information content (AvgIpc) is 2.28. The molecule has 1 aromatic carbocycles. The molecule has 0 saturated heterocycles. The van der Waals surface area contributed by atoms with Gasteiger partial charge in [0.05, 0.1) is 0 Å². The Balaban J connectivity index is 2.38. The number of amides is 1. The first-order valence-electron chi connectivity index (χ1n) is 5.65. The van der Waals surface area contributed by atoms with E-state index in [0.717, 1.165) is 5.56 Å². The number of benzene rings is 1. The molecule has 0 aliphatic rings. The molecule has 0 aliphatic heterocycles. The molecule has 7 heteroatoms. The highest BCUT2D eigenvalue weighted by atomic mass is 32.2. The molecule has 0 spiro atoms. The zero-order valence-corrected chi connectivity index (χ0v) is 11.2. The standard InChI is InChI=1S/C12H15F3N2OS/c1-9(18)17-11-5-3-2-4-10(11)8-16-6-7-19-12(13,14)15/h2-5,16H,6-8H2,1H3,(H,17,18). The van der Waals surface area contributed by atoms with Crippen LogP contribution in [0.1, 0.15) is 12.5 Å². The van der Waals surface area contributed by atoms with Gasteiger partial charge < -0.3 is 10.6 Å². The molecule has 1 aromatic rings. The van der Waals surface area contributed by atoms with Crippen LogP contribution in [0.25, 0.3) is 0 Å². The Labute approximate surface area is 114 Å². The summed E-state index contributed by atoms with van der Waals surface area (Å²) < 4.78 is 35.7. The van der Waals surface area contributed by atoms with E-state index in [9.17, 15) is 18.0 Å². The normalized spacial score (nSPS) is 11.4. The summed E-state index contributed by atoms with van der Waals surface area (Å²) in [4.78, 5) is 11.0. The van der Waals surface area contributed by atoms with E-state index >= 15 is 0 Å². The molecule has 3 nitrogen and oxygen atoms in total. The molecule has 0 unspecified atom stereocenters. The Morgan fingerprint density at radius 2 is 2.00 bits per heavy atom. The first-order chi connectivity index (χ1) is 8.88. The van der Waals surface area contributed by atoms with Crippen molar-refractivity contribution in [1.29, 1.82) is 0 Å². The summed E-state index contributed by atoms with van der Waals surface area (Å²) in [6.07, 6.45) is 0. The van der Waals surface area contributed by atoms with Gasteiger partial charge in [-0.05, 0) is 23.4 Å². The van der Waals surface area contributed by atoms with Gasteiger partial charge in [0.1, 0.15) is 0 Å². The largest absolute Gasteiger partial charge is 0.441 e. The first-order valence-corrected chi connectivity index (χ1v) is 6.64. The van der Waals surface area contributed by atoms with Crippen LogP contribution in [0.15, 0.2) is 24.3 Å². The van der Waals surface area contributed by atoms with Gasteiger partial charge in [-0.3, -0.25) is 4.79 Å². The van der Waals surface area contributed by atoms with E-state index in [0.29, 0.717) is 12.2 Å². The zero-order valence-electron chi connectivity index (χ0n) is 10.4.